The number of methoxy groups -OCH3 is 1. The highest BCUT2D eigenvalue weighted by molar-refractivity contribution is 8.00. The van der Waals surface area contributed by atoms with Crippen molar-refractivity contribution in [3.8, 4) is 17.2 Å². The number of fused-ring (bicyclic) bond motifs is 1. The molecule has 2 aromatic rings. The number of thioether (sulfide) groups is 1. The molecule has 7 nitrogen and oxygen atoms in total. The second kappa shape index (κ2) is 8.87. The van der Waals surface area contributed by atoms with E-state index in [0.717, 1.165) is 12.0 Å². The number of carbonyl (C=O) groups is 2. The Kier molecular flexibility index (Phi) is 6.03. The molecule has 8 heteroatoms. The second-order valence-electron chi connectivity index (χ2n) is 7.06. The van der Waals surface area contributed by atoms with Crippen LogP contribution in [-0.4, -0.2) is 47.8 Å². The highest BCUT2D eigenvalue weighted by Crippen LogP contribution is 2.34. The SMILES string of the molecule is CCC1SCC(C(=O)NCc2ccc3c(c2)OCO3)N1C(=O)c1ccc(OC)cc1. The van der Waals surface area contributed by atoms with Crippen LogP contribution in [0, 0.1) is 0 Å². The molecule has 4 rings (SSSR count). The van der Waals surface area contributed by atoms with Gasteiger partial charge in [-0.05, 0) is 48.4 Å². The topological polar surface area (TPSA) is 77.1 Å². The van der Waals surface area contributed by atoms with Crippen LogP contribution in [0.15, 0.2) is 42.5 Å². The third kappa shape index (κ3) is 4.05. The van der Waals surface area contributed by atoms with Crippen molar-refractivity contribution in [1.29, 1.82) is 0 Å². The molecule has 2 atom stereocenters. The Bertz CT molecular complexity index is 934. The van der Waals surface area contributed by atoms with Crippen LogP contribution in [0.25, 0.3) is 0 Å². The first-order valence-electron chi connectivity index (χ1n) is 9.85. The number of hydrogen-bond donors (Lipinski definition) is 1. The van der Waals surface area contributed by atoms with Gasteiger partial charge in [-0.15, -0.1) is 11.8 Å². The first-order valence-corrected chi connectivity index (χ1v) is 10.9. The van der Waals surface area contributed by atoms with Crippen molar-refractivity contribution in [3.63, 3.8) is 0 Å². The third-order valence-corrected chi connectivity index (χ3v) is 6.67. The zero-order valence-electron chi connectivity index (χ0n) is 16.9. The molecule has 30 heavy (non-hydrogen) atoms. The monoisotopic (exact) mass is 428 g/mol. The third-order valence-electron chi connectivity index (χ3n) is 5.22. The Morgan fingerprint density at radius 2 is 1.93 bits per heavy atom. The summed E-state index contributed by atoms with van der Waals surface area (Å²) in [6, 6.07) is 12.1. The highest BCUT2D eigenvalue weighted by atomic mass is 32.2. The fourth-order valence-electron chi connectivity index (χ4n) is 3.59. The van der Waals surface area contributed by atoms with Gasteiger partial charge in [0.15, 0.2) is 11.5 Å². The fraction of sp³-hybridized carbons (Fsp3) is 0.364. The minimum Gasteiger partial charge on any atom is -0.497 e. The van der Waals surface area contributed by atoms with Gasteiger partial charge in [-0.1, -0.05) is 13.0 Å². The van der Waals surface area contributed by atoms with Crippen LogP contribution >= 0.6 is 11.8 Å². The number of hydrogen-bond acceptors (Lipinski definition) is 6. The number of amides is 2. The van der Waals surface area contributed by atoms with Crippen LogP contribution in [-0.2, 0) is 11.3 Å². The van der Waals surface area contributed by atoms with Crippen LogP contribution in [0.3, 0.4) is 0 Å². The van der Waals surface area contributed by atoms with Gasteiger partial charge in [0.1, 0.15) is 11.8 Å². The van der Waals surface area contributed by atoms with Crippen LogP contribution in [0.2, 0.25) is 0 Å². The standard InChI is InChI=1S/C22H24N2O5S/c1-3-20-24(22(26)15-5-7-16(27-2)8-6-15)17(12-30-20)21(25)23-11-14-4-9-18-19(10-14)29-13-28-18/h4-10,17,20H,3,11-13H2,1-2H3,(H,23,25). The van der Waals surface area contributed by atoms with Gasteiger partial charge in [-0.25, -0.2) is 0 Å². The van der Waals surface area contributed by atoms with E-state index in [-0.39, 0.29) is 24.0 Å². The Labute approximate surface area is 179 Å². The average molecular weight is 429 g/mol. The van der Waals surface area contributed by atoms with Crippen molar-refractivity contribution in [2.45, 2.75) is 31.3 Å². The summed E-state index contributed by atoms with van der Waals surface area (Å²) in [5.41, 5.74) is 1.46. The number of benzene rings is 2. The largest absolute Gasteiger partial charge is 0.497 e. The van der Waals surface area contributed by atoms with E-state index in [1.165, 1.54) is 0 Å². The molecule has 1 fully saturated rings. The lowest BCUT2D eigenvalue weighted by Gasteiger charge is -2.28. The molecule has 0 bridgehead atoms. The molecule has 1 N–H and O–H groups in total. The van der Waals surface area contributed by atoms with Gasteiger partial charge in [0.25, 0.3) is 5.91 Å². The smallest absolute Gasteiger partial charge is 0.255 e. The van der Waals surface area contributed by atoms with E-state index in [1.54, 1.807) is 48.0 Å². The molecule has 2 aliphatic heterocycles. The minimum absolute atomic E-state index is 0.0269. The molecular weight excluding hydrogens is 404 g/mol. The van der Waals surface area contributed by atoms with Crippen molar-refractivity contribution in [2.75, 3.05) is 19.7 Å². The summed E-state index contributed by atoms with van der Waals surface area (Å²) in [7, 11) is 1.58. The van der Waals surface area contributed by atoms with Crippen molar-refractivity contribution >= 4 is 23.6 Å². The van der Waals surface area contributed by atoms with Crippen molar-refractivity contribution in [3.05, 3.63) is 53.6 Å². The lowest BCUT2D eigenvalue weighted by atomic mass is 10.1. The number of nitrogens with zero attached hydrogens (tertiary/aromatic N) is 1. The van der Waals surface area contributed by atoms with E-state index in [9.17, 15) is 9.59 Å². The average Bonchev–Trinajstić information content (AvgIpc) is 3.43. The maximum absolute atomic E-state index is 13.2. The van der Waals surface area contributed by atoms with Gasteiger partial charge in [0.05, 0.1) is 12.5 Å². The molecule has 0 radical (unpaired) electrons. The molecule has 158 valence electrons. The van der Waals surface area contributed by atoms with Crippen molar-refractivity contribution in [2.24, 2.45) is 0 Å². The molecule has 2 amide bonds. The molecule has 0 aliphatic carbocycles. The summed E-state index contributed by atoms with van der Waals surface area (Å²) in [5, 5.41) is 2.94. The zero-order valence-corrected chi connectivity index (χ0v) is 17.7. The van der Waals surface area contributed by atoms with Gasteiger partial charge in [0, 0.05) is 17.9 Å². The normalized spacial score (nSPS) is 19.6. The molecule has 2 aliphatic rings. The summed E-state index contributed by atoms with van der Waals surface area (Å²) < 4.78 is 15.9. The Morgan fingerprint density at radius 3 is 2.67 bits per heavy atom. The first-order chi connectivity index (χ1) is 14.6. The fourth-order valence-corrected chi connectivity index (χ4v) is 4.95. The maximum atomic E-state index is 13.2. The lowest BCUT2D eigenvalue weighted by molar-refractivity contribution is -0.125. The van der Waals surface area contributed by atoms with Crippen LogP contribution < -0.4 is 19.5 Å². The lowest BCUT2D eigenvalue weighted by Crippen LogP contribution is -2.49. The summed E-state index contributed by atoms with van der Waals surface area (Å²) >= 11 is 1.64. The van der Waals surface area contributed by atoms with Gasteiger partial charge in [-0.2, -0.15) is 0 Å². The van der Waals surface area contributed by atoms with Crippen LogP contribution in [0.4, 0.5) is 0 Å². The summed E-state index contributed by atoms with van der Waals surface area (Å²) in [5.74, 6) is 2.36. The van der Waals surface area contributed by atoms with Gasteiger partial charge in [-0.3, -0.25) is 9.59 Å². The minimum atomic E-state index is -0.511. The van der Waals surface area contributed by atoms with Gasteiger partial charge < -0.3 is 24.4 Å². The summed E-state index contributed by atoms with van der Waals surface area (Å²) in [6.45, 7) is 2.60. The Hall–Kier alpha value is -2.87. The first kappa shape index (κ1) is 20.4. The van der Waals surface area contributed by atoms with E-state index in [2.05, 4.69) is 5.32 Å². The molecule has 2 aromatic carbocycles. The van der Waals surface area contributed by atoms with Crippen LogP contribution in [0.1, 0.15) is 29.3 Å². The Balaban J connectivity index is 1.45. The molecule has 2 heterocycles. The van der Waals surface area contributed by atoms with E-state index in [0.29, 0.717) is 35.1 Å². The summed E-state index contributed by atoms with van der Waals surface area (Å²) in [6.07, 6.45) is 0.776. The van der Waals surface area contributed by atoms with Crippen molar-refractivity contribution in [1.82, 2.24) is 10.2 Å². The number of ether oxygens (including phenoxy) is 3. The van der Waals surface area contributed by atoms with Crippen molar-refractivity contribution < 1.29 is 23.8 Å². The predicted molar refractivity (Wildman–Crippen MR) is 114 cm³/mol. The van der Waals surface area contributed by atoms with Gasteiger partial charge >= 0.3 is 0 Å². The molecule has 0 spiro atoms. The second-order valence-corrected chi connectivity index (χ2v) is 8.27. The van der Waals surface area contributed by atoms with E-state index >= 15 is 0 Å². The highest BCUT2D eigenvalue weighted by Gasteiger charge is 2.40. The molecule has 2 unspecified atom stereocenters. The molecule has 1 saturated heterocycles. The molecule has 0 saturated carbocycles. The van der Waals surface area contributed by atoms with E-state index in [4.69, 9.17) is 14.2 Å². The molecule has 0 aromatic heterocycles. The Morgan fingerprint density at radius 1 is 1.17 bits per heavy atom. The molecular formula is C22H24N2O5S. The number of carbonyl (C=O) groups excluding carboxylic acids is 2. The quantitative estimate of drug-likeness (QED) is 0.762. The summed E-state index contributed by atoms with van der Waals surface area (Å²) in [4.78, 5) is 27.9. The van der Waals surface area contributed by atoms with Gasteiger partial charge in [0.2, 0.25) is 12.7 Å². The zero-order chi connectivity index (χ0) is 21.1. The number of nitrogens with one attached hydrogen (secondary N) is 1. The number of rotatable bonds is 6. The maximum Gasteiger partial charge on any atom is 0.255 e. The van der Waals surface area contributed by atoms with Crippen LogP contribution in [0.5, 0.6) is 17.2 Å². The van der Waals surface area contributed by atoms with E-state index < -0.39 is 6.04 Å². The van der Waals surface area contributed by atoms with E-state index in [1.807, 2.05) is 25.1 Å². The predicted octanol–water partition coefficient (Wildman–Crippen LogP) is 3.03.